The summed E-state index contributed by atoms with van der Waals surface area (Å²) in [5.41, 5.74) is 2.74. The second kappa shape index (κ2) is 6.33. The van der Waals surface area contributed by atoms with Gasteiger partial charge < -0.3 is 5.32 Å². The van der Waals surface area contributed by atoms with E-state index in [1.165, 1.54) is 6.07 Å². The van der Waals surface area contributed by atoms with E-state index in [0.717, 1.165) is 5.56 Å². The van der Waals surface area contributed by atoms with E-state index in [2.05, 4.69) is 5.32 Å². The van der Waals surface area contributed by atoms with Crippen LogP contribution in [-0.2, 0) is 13.1 Å². The molecule has 0 saturated heterocycles. The molecular weight excluding hydrogens is 280 g/mol. The minimum atomic E-state index is -0.395. The van der Waals surface area contributed by atoms with Crippen LogP contribution in [0.2, 0.25) is 5.02 Å². The van der Waals surface area contributed by atoms with Crippen LogP contribution in [0.25, 0.3) is 0 Å². The van der Waals surface area contributed by atoms with Gasteiger partial charge in [0, 0.05) is 18.7 Å². The van der Waals surface area contributed by atoms with Crippen LogP contribution >= 0.6 is 11.6 Å². The molecule has 0 atom stereocenters. The summed E-state index contributed by atoms with van der Waals surface area (Å²) in [6.07, 6.45) is 0. The Bertz CT molecular complexity index is 603. The first-order valence-corrected chi connectivity index (χ1v) is 6.76. The number of hydrogen-bond acceptors (Lipinski definition) is 1. The van der Waals surface area contributed by atoms with Gasteiger partial charge in [-0.25, -0.2) is 8.78 Å². The monoisotopic (exact) mass is 295 g/mol. The summed E-state index contributed by atoms with van der Waals surface area (Å²) < 4.78 is 27.2. The van der Waals surface area contributed by atoms with Crippen LogP contribution in [0.4, 0.5) is 8.78 Å². The Morgan fingerprint density at radius 3 is 2.30 bits per heavy atom. The third-order valence-corrected chi connectivity index (χ3v) is 3.46. The average Bonchev–Trinajstić information content (AvgIpc) is 2.41. The van der Waals surface area contributed by atoms with E-state index < -0.39 is 5.82 Å². The van der Waals surface area contributed by atoms with E-state index in [1.54, 1.807) is 38.1 Å². The molecule has 0 aliphatic carbocycles. The fourth-order valence-electron chi connectivity index (χ4n) is 2.16. The van der Waals surface area contributed by atoms with Gasteiger partial charge >= 0.3 is 0 Å². The lowest BCUT2D eigenvalue weighted by Crippen LogP contribution is -2.14. The molecule has 0 fully saturated rings. The first-order chi connectivity index (χ1) is 9.49. The van der Waals surface area contributed by atoms with Crippen molar-refractivity contribution in [3.05, 3.63) is 69.2 Å². The fraction of sp³-hybridized carbons (Fsp3) is 0.250. The molecule has 0 unspecified atom stereocenters. The van der Waals surface area contributed by atoms with Crippen molar-refractivity contribution >= 4 is 11.6 Å². The van der Waals surface area contributed by atoms with Crippen LogP contribution < -0.4 is 5.32 Å². The molecule has 20 heavy (non-hydrogen) atoms. The maximum atomic E-state index is 13.7. The van der Waals surface area contributed by atoms with Crippen molar-refractivity contribution in [2.45, 2.75) is 26.9 Å². The Labute approximate surface area is 122 Å². The predicted molar refractivity (Wildman–Crippen MR) is 77.8 cm³/mol. The maximum absolute atomic E-state index is 13.7. The molecule has 0 bridgehead atoms. The van der Waals surface area contributed by atoms with Gasteiger partial charge in [0.15, 0.2) is 0 Å². The van der Waals surface area contributed by atoms with Crippen LogP contribution in [0.1, 0.15) is 22.3 Å². The SMILES string of the molecule is Cc1cc(CNCc2cccc(Cl)c2F)cc(C)c1F. The van der Waals surface area contributed by atoms with E-state index in [4.69, 9.17) is 11.6 Å². The number of hydrogen-bond donors (Lipinski definition) is 1. The molecule has 2 aromatic rings. The Kier molecular flexibility index (Phi) is 4.73. The second-order valence-electron chi connectivity index (χ2n) is 4.86. The van der Waals surface area contributed by atoms with Gasteiger partial charge in [0.05, 0.1) is 5.02 Å². The third-order valence-electron chi connectivity index (χ3n) is 3.17. The number of aryl methyl sites for hydroxylation is 2. The third kappa shape index (κ3) is 3.35. The standard InChI is InChI=1S/C16H16ClF2N/c1-10-6-12(7-11(2)15(10)18)8-20-9-13-4-3-5-14(17)16(13)19/h3-7,20H,8-9H2,1-2H3. The van der Waals surface area contributed by atoms with Crippen molar-refractivity contribution in [1.29, 1.82) is 0 Å². The predicted octanol–water partition coefficient (Wildman–Crippen LogP) is 4.52. The molecule has 0 aromatic heterocycles. The first kappa shape index (κ1) is 14.9. The van der Waals surface area contributed by atoms with Crippen molar-refractivity contribution in [1.82, 2.24) is 5.32 Å². The molecule has 0 aliphatic rings. The Morgan fingerprint density at radius 2 is 1.65 bits per heavy atom. The largest absolute Gasteiger partial charge is 0.309 e. The molecule has 0 saturated carbocycles. The highest BCUT2D eigenvalue weighted by Crippen LogP contribution is 2.18. The van der Waals surface area contributed by atoms with Gasteiger partial charge in [0.25, 0.3) is 0 Å². The maximum Gasteiger partial charge on any atom is 0.146 e. The number of rotatable bonds is 4. The van der Waals surface area contributed by atoms with E-state index in [0.29, 0.717) is 29.8 Å². The van der Waals surface area contributed by atoms with Gasteiger partial charge in [-0.3, -0.25) is 0 Å². The lowest BCUT2D eigenvalue weighted by Gasteiger charge is -2.09. The number of benzene rings is 2. The van der Waals surface area contributed by atoms with Crippen LogP contribution in [0, 0.1) is 25.5 Å². The molecular formula is C16H16ClF2N. The summed E-state index contributed by atoms with van der Waals surface area (Å²) >= 11 is 5.72. The van der Waals surface area contributed by atoms with Crippen LogP contribution in [0.3, 0.4) is 0 Å². The highest BCUT2D eigenvalue weighted by Gasteiger charge is 2.07. The van der Waals surface area contributed by atoms with Crippen LogP contribution in [-0.4, -0.2) is 0 Å². The molecule has 0 radical (unpaired) electrons. The zero-order valence-corrected chi connectivity index (χ0v) is 12.2. The van der Waals surface area contributed by atoms with Gasteiger partial charge in [-0.1, -0.05) is 35.9 Å². The lowest BCUT2D eigenvalue weighted by molar-refractivity contribution is 0.586. The zero-order chi connectivity index (χ0) is 14.7. The molecule has 2 rings (SSSR count). The Balaban J connectivity index is 2.01. The average molecular weight is 296 g/mol. The highest BCUT2D eigenvalue weighted by molar-refractivity contribution is 6.30. The van der Waals surface area contributed by atoms with E-state index in [1.807, 2.05) is 0 Å². The Hall–Kier alpha value is -1.45. The summed E-state index contributed by atoms with van der Waals surface area (Å²) in [5.74, 6) is -0.567. The van der Waals surface area contributed by atoms with Gasteiger partial charge in [-0.2, -0.15) is 0 Å². The van der Waals surface area contributed by atoms with E-state index in [9.17, 15) is 8.78 Å². The molecule has 1 nitrogen and oxygen atoms in total. The van der Waals surface area contributed by atoms with Gasteiger partial charge in [0.2, 0.25) is 0 Å². The summed E-state index contributed by atoms with van der Waals surface area (Å²) in [5, 5.41) is 3.26. The summed E-state index contributed by atoms with van der Waals surface area (Å²) in [6.45, 7) is 4.40. The minimum Gasteiger partial charge on any atom is -0.309 e. The topological polar surface area (TPSA) is 12.0 Å². The minimum absolute atomic E-state index is 0.123. The molecule has 106 valence electrons. The summed E-state index contributed by atoms with van der Waals surface area (Å²) in [4.78, 5) is 0. The van der Waals surface area contributed by atoms with Gasteiger partial charge in [-0.15, -0.1) is 0 Å². The number of halogens is 3. The molecule has 2 aromatic carbocycles. The van der Waals surface area contributed by atoms with Crippen molar-refractivity contribution in [2.24, 2.45) is 0 Å². The van der Waals surface area contributed by atoms with Crippen LogP contribution in [0.5, 0.6) is 0 Å². The quantitative estimate of drug-likeness (QED) is 0.874. The fourth-order valence-corrected chi connectivity index (χ4v) is 2.36. The second-order valence-corrected chi connectivity index (χ2v) is 5.27. The van der Waals surface area contributed by atoms with Crippen molar-refractivity contribution in [2.75, 3.05) is 0 Å². The normalized spacial score (nSPS) is 10.8. The molecule has 0 spiro atoms. The first-order valence-electron chi connectivity index (χ1n) is 6.38. The summed E-state index contributed by atoms with van der Waals surface area (Å²) in [7, 11) is 0. The van der Waals surface area contributed by atoms with E-state index in [-0.39, 0.29) is 10.8 Å². The zero-order valence-electron chi connectivity index (χ0n) is 11.4. The van der Waals surface area contributed by atoms with Crippen LogP contribution in [0.15, 0.2) is 30.3 Å². The highest BCUT2D eigenvalue weighted by atomic mass is 35.5. The lowest BCUT2D eigenvalue weighted by atomic mass is 10.1. The Morgan fingerprint density at radius 1 is 1.00 bits per heavy atom. The van der Waals surface area contributed by atoms with E-state index >= 15 is 0 Å². The molecule has 4 heteroatoms. The summed E-state index contributed by atoms with van der Waals surface area (Å²) in [6, 6.07) is 8.52. The number of nitrogens with one attached hydrogen (secondary N) is 1. The molecule has 0 heterocycles. The molecule has 0 amide bonds. The van der Waals surface area contributed by atoms with Crippen molar-refractivity contribution < 1.29 is 8.78 Å². The van der Waals surface area contributed by atoms with Crippen molar-refractivity contribution in [3.8, 4) is 0 Å². The molecule has 1 N–H and O–H groups in total. The van der Waals surface area contributed by atoms with Crippen molar-refractivity contribution in [3.63, 3.8) is 0 Å². The smallest absolute Gasteiger partial charge is 0.146 e. The van der Waals surface area contributed by atoms with Gasteiger partial charge in [-0.05, 0) is 36.6 Å². The molecule has 0 aliphatic heterocycles. The van der Waals surface area contributed by atoms with Gasteiger partial charge in [0.1, 0.15) is 11.6 Å².